The van der Waals surface area contributed by atoms with Crippen LogP contribution in [0.2, 0.25) is 0 Å². The molecule has 0 aliphatic rings. The molecule has 0 aliphatic heterocycles. The Hall–Kier alpha value is -2.64. The molecule has 130 valence electrons. The summed E-state index contributed by atoms with van der Waals surface area (Å²) in [6.07, 6.45) is 4.21. The van der Waals surface area contributed by atoms with Gasteiger partial charge in [-0.25, -0.2) is 8.78 Å². The Morgan fingerprint density at radius 1 is 1.20 bits per heavy atom. The molecule has 0 bridgehead atoms. The molecule has 2 heterocycles. The minimum absolute atomic E-state index is 0.0643. The van der Waals surface area contributed by atoms with Gasteiger partial charge >= 0.3 is 0 Å². The number of nitrogens with one attached hydrogen (secondary N) is 1. The van der Waals surface area contributed by atoms with E-state index in [2.05, 4.69) is 15.4 Å². The zero-order valence-corrected chi connectivity index (χ0v) is 13.7. The summed E-state index contributed by atoms with van der Waals surface area (Å²) in [7, 11) is 1.83. The molecule has 1 atom stereocenters. The van der Waals surface area contributed by atoms with Gasteiger partial charge in [-0.1, -0.05) is 6.07 Å². The van der Waals surface area contributed by atoms with E-state index >= 15 is 0 Å². The van der Waals surface area contributed by atoms with Gasteiger partial charge in [-0.15, -0.1) is 0 Å². The van der Waals surface area contributed by atoms with Crippen LogP contribution in [0.3, 0.4) is 0 Å². The summed E-state index contributed by atoms with van der Waals surface area (Å²) in [5.41, 5.74) is 2.77. The summed E-state index contributed by atoms with van der Waals surface area (Å²) >= 11 is 0. The Bertz CT molecular complexity index is 852. The number of pyridine rings is 1. The van der Waals surface area contributed by atoms with Gasteiger partial charge in [0, 0.05) is 61.5 Å². The molecule has 0 amide bonds. The van der Waals surface area contributed by atoms with Crippen molar-refractivity contribution in [3.63, 3.8) is 0 Å². The Labute approximate surface area is 144 Å². The number of nitrogens with zero attached hydrogens (tertiary/aromatic N) is 3. The largest absolute Gasteiger partial charge is 0.387 e. The molecule has 0 saturated carbocycles. The van der Waals surface area contributed by atoms with Crippen molar-refractivity contribution >= 4 is 0 Å². The lowest BCUT2D eigenvalue weighted by Gasteiger charge is -2.13. The Morgan fingerprint density at radius 3 is 2.68 bits per heavy atom. The van der Waals surface area contributed by atoms with Crippen LogP contribution in [0.1, 0.15) is 17.2 Å². The second-order valence-electron chi connectivity index (χ2n) is 5.73. The minimum atomic E-state index is -1.07. The molecule has 2 N–H and O–H groups in total. The molecule has 0 saturated heterocycles. The first-order chi connectivity index (χ1) is 12.0. The zero-order chi connectivity index (χ0) is 17.8. The number of aliphatic hydroxyl groups is 1. The number of hydrogen-bond acceptors (Lipinski definition) is 4. The maximum absolute atomic E-state index is 13.7. The van der Waals surface area contributed by atoms with Crippen molar-refractivity contribution in [1.82, 2.24) is 20.1 Å². The molecule has 25 heavy (non-hydrogen) atoms. The number of aryl methyl sites for hydroxylation is 1. The number of aliphatic hydroxyl groups excluding tert-OH is 1. The molecular formula is C18H18F2N4O. The smallest absolute Gasteiger partial charge is 0.131 e. The SMILES string of the molecule is Cn1cc(CNC[C@H](O)c2ccc(F)cc2F)c(-c2ccncc2)n1. The van der Waals surface area contributed by atoms with Crippen LogP contribution in [0.25, 0.3) is 11.3 Å². The summed E-state index contributed by atoms with van der Waals surface area (Å²) < 4.78 is 28.3. The first-order valence-corrected chi connectivity index (χ1v) is 7.81. The fraction of sp³-hybridized carbons (Fsp3) is 0.222. The highest BCUT2D eigenvalue weighted by atomic mass is 19.1. The van der Waals surface area contributed by atoms with Crippen molar-refractivity contribution in [3.8, 4) is 11.3 Å². The van der Waals surface area contributed by atoms with E-state index in [-0.39, 0.29) is 12.1 Å². The van der Waals surface area contributed by atoms with Crippen molar-refractivity contribution < 1.29 is 13.9 Å². The maximum Gasteiger partial charge on any atom is 0.131 e. The molecule has 0 spiro atoms. The van der Waals surface area contributed by atoms with Crippen molar-refractivity contribution in [2.45, 2.75) is 12.6 Å². The molecule has 0 unspecified atom stereocenters. The third kappa shape index (κ3) is 4.07. The molecular weight excluding hydrogens is 326 g/mol. The van der Waals surface area contributed by atoms with Crippen LogP contribution in [0.5, 0.6) is 0 Å². The Kier molecular flexibility index (Phi) is 5.16. The van der Waals surface area contributed by atoms with E-state index in [0.717, 1.165) is 29.0 Å². The Balaban J connectivity index is 1.66. The lowest BCUT2D eigenvalue weighted by Crippen LogP contribution is -2.22. The van der Waals surface area contributed by atoms with Crippen LogP contribution in [0.15, 0.2) is 48.9 Å². The highest BCUT2D eigenvalue weighted by Crippen LogP contribution is 2.21. The van der Waals surface area contributed by atoms with Gasteiger partial charge in [0.15, 0.2) is 0 Å². The van der Waals surface area contributed by atoms with Gasteiger partial charge in [-0.05, 0) is 18.2 Å². The molecule has 0 radical (unpaired) electrons. The second kappa shape index (κ2) is 7.50. The third-order valence-electron chi connectivity index (χ3n) is 3.83. The average Bonchev–Trinajstić information content (AvgIpc) is 2.96. The molecule has 2 aromatic heterocycles. The third-order valence-corrected chi connectivity index (χ3v) is 3.83. The van der Waals surface area contributed by atoms with E-state index in [9.17, 15) is 13.9 Å². The van der Waals surface area contributed by atoms with Gasteiger partial charge in [0.1, 0.15) is 11.6 Å². The minimum Gasteiger partial charge on any atom is -0.387 e. The number of benzene rings is 1. The van der Waals surface area contributed by atoms with E-state index in [1.807, 2.05) is 25.4 Å². The lowest BCUT2D eigenvalue weighted by molar-refractivity contribution is 0.169. The van der Waals surface area contributed by atoms with Gasteiger partial charge in [-0.2, -0.15) is 5.10 Å². The maximum atomic E-state index is 13.7. The van der Waals surface area contributed by atoms with Gasteiger partial charge in [-0.3, -0.25) is 9.67 Å². The van der Waals surface area contributed by atoms with Crippen LogP contribution in [0.4, 0.5) is 8.78 Å². The van der Waals surface area contributed by atoms with Crippen LogP contribution in [-0.2, 0) is 13.6 Å². The molecule has 0 aliphatic carbocycles. The van der Waals surface area contributed by atoms with Crippen LogP contribution >= 0.6 is 0 Å². The summed E-state index contributed by atoms with van der Waals surface area (Å²) in [5, 5.41) is 17.6. The van der Waals surface area contributed by atoms with E-state index in [1.165, 1.54) is 6.07 Å². The predicted molar refractivity (Wildman–Crippen MR) is 89.5 cm³/mol. The molecule has 3 aromatic rings. The molecule has 0 fully saturated rings. The lowest BCUT2D eigenvalue weighted by atomic mass is 10.1. The van der Waals surface area contributed by atoms with Crippen molar-refractivity contribution in [1.29, 1.82) is 0 Å². The van der Waals surface area contributed by atoms with Crippen molar-refractivity contribution in [2.75, 3.05) is 6.54 Å². The fourth-order valence-electron chi connectivity index (χ4n) is 2.65. The molecule has 1 aromatic carbocycles. The summed E-state index contributed by atoms with van der Waals surface area (Å²) in [6.45, 7) is 0.582. The summed E-state index contributed by atoms with van der Waals surface area (Å²) in [5.74, 6) is -1.42. The number of hydrogen-bond donors (Lipinski definition) is 2. The number of aromatic nitrogens is 3. The van der Waals surface area contributed by atoms with Crippen molar-refractivity contribution in [3.05, 3.63) is 71.7 Å². The molecule has 5 nitrogen and oxygen atoms in total. The fourth-order valence-corrected chi connectivity index (χ4v) is 2.65. The van der Waals surface area contributed by atoms with Crippen LogP contribution in [-0.4, -0.2) is 26.4 Å². The average molecular weight is 344 g/mol. The normalized spacial score (nSPS) is 12.3. The quantitative estimate of drug-likeness (QED) is 0.721. The van der Waals surface area contributed by atoms with Gasteiger partial charge < -0.3 is 10.4 Å². The highest BCUT2D eigenvalue weighted by Gasteiger charge is 2.14. The summed E-state index contributed by atoms with van der Waals surface area (Å²) in [4.78, 5) is 4.00. The van der Waals surface area contributed by atoms with E-state index in [0.29, 0.717) is 6.54 Å². The molecule has 7 heteroatoms. The summed E-state index contributed by atoms with van der Waals surface area (Å²) in [6, 6.07) is 6.89. The number of halogens is 2. The highest BCUT2D eigenvalue weighted by molar-refractivity contribution is 5.61. The first-order valence-electron chi connectivity index (χ1n) is 7.81. The Morgan fingerprint density at radius 2 is 1.96 bits per heavy atom. The zero-order valence-electron chi connectivity index (χ0n) is 13.7. The van der Waals surface area contributed by atoms with Crippen LogP contribution in [0, 0.1) is 11.6 Å². The standard InChI is InChI=1S/C18H18F2N4O/c1-24-11-13(18(23-24)12-4-6-21-7-5-12)9-22-10-17(25)15-3-2-14(19)8-16(15)20/h2-8,11,17,22,25H,9-10H2,1H3/t17-/m0/s1. The number of rotatable bonds is 6. The van der Waals surface area contributed by atoms with Gasteiger partial charge in [0.05, 0.1) is 11.8 Å². The topological polar surface area (TPSA) is 63.0 Å². The first kappa shape index (κ1) is 17.2. The van der Waals surface area contributed by atoms with Crippen molar-refractivity contribution in [2.24, 2.45) is 7.05 Å². The van der Waals surface area contributed by atoms with Crippen LogP contribution < -0.4 is 5.32 Å². The predicted octanol–water partition coefficient (Wildman–Crippen LogP) is 2.58. The van der Waals surface area contributed by atoms with E-state index in [1.54, 1.807) is 17.1 Å². The van der Waals surface area contributed by atoms with E-state index in [4.69, 9.17) is 0 Å². The van der Waals surface area contributed by atoms with Gasteiger partial charge in [0.2, 0.25) is 0 Å². The van der Waals surface area contributed by atoms with E-state index < -0.39 is 17.7 Å². The second-order valence-corrected chi connectivity index (χ2v) is 5.73. The monoisotopic (exact) mass is 344 g/mol. The van der Waals surface area contributed by atoms with Gasteiger partial charge in [0.25, 0.3) is 0 Å². The molecule has 3 rings (SSSR count).